The molecule has 0 aliphatic carbocycles. The molecule has 14 aromatic rings. The number of aromatic nitrogens is 1. The van der Waals surface area contributed by atoms with Crippen LogP contribution in [0.4, 0.5) is 0 Å². The van der Waals surface area contributed by atoms with Gasteiger partial charge in [0.05, 0.1) is 11.0 Å². The van der Waals surface area contributed by atoms with Crippen molar-refractivity contribution in [1.82, 2.24) is 4.57 Å². The smallest absolute Gasteiger partial charge is 0.135 e. The largest absolute Gasteiger partial charge is 0.456 e. The predicted molar refractivity (Wildman–Crippen MR) is 325 cm³/mol. The van der Waals surface area contributed by atoms with Gasteiger partial charge >= 0.3 is 0 Å². The number of hydrogen-bond donors (Lipinski definition) is 0. The summed E-state index contributed by atoms with van der Waals surface area (Å²) in [5.74, 6) is 0. The molecule has 2 heteroatoms. The molecule has 2 heterocycles. The second kappa shape index (κ2) is 18.9. The van der Waals surface area contributed by atoms with E-state index in [1.54, 1.807) is 0 Å². The molecular formula is C75H53NO. The van der Waals surface area contributed by atoms with Crippen molar-refractivity contribution < 1.29 is 4.42 Å². The number of hydrogen-bond acceptors (Lipinski definition) is 1. The summed E-state index contributed by atoms with van der Waals surface area (Å²) in [5.41, 5.74) is 24.3. The van der Waals surface area contributed by atoms with Crippen LogP contribution in [-0.4, -0.2) is 4.57 Å². The third-order valence-corrected chi connectivity index (χ3v) is 15.9. The summed E-state index contributed by atoms with van der Waals surface area (Å²) in [4.78, 5) is 0. The highest BCUT2D eigenvalue weighted by molar-refractivity contribution is 6.11. The maximum Gasteiger partial charge on any atom is 0.135 e. The zero-order valence-electron chi connectivity index (χ0n) is 43.0. The molecule has 2 nitrogen and oxygen atoms in total. The van der Waals surface area contributed by atoms with E-state index in [1.165, 1.54) is 111 Å². The Kier molecular flexibility index (Phi) is 11.2. The van der Waals surface area contributed by atoms with Crippen molar-refractivity contribution in [3.8, 4) is 83.6 Å². The Balaban J connectivity index is 0.725. The van der Waals surface area contributed by atoms with Gasteiger partial charge in [-0.2, -0.15) is 0 Å². The van der Waals surface area contributed by atoms with E-state index in [-0.39, 0.29) is 5.41 Å². The molecule has 0 atom stereocenters. The van der Waals surface area contributed by atoms with Crippen molar-refractivity contribution in [3.05, 3.63) is 296 Å². The van der Waals surface area contributed by atoms with E-state index in [0.717, 1.165) is 27.5 Å². The first-order chi connectivity index (χ1) is 37.9. The Labute approximate surface area is 449 Å². The molecule has 0 radical (unpaired) electrons. The molecule has 0 saturated carbocycles. The fourth-order valence-electron chi connectivity index (χ4n) is 11.6. The minimum absolute atomic E-state index is 0.288. The summed E-state index contributed by atoms with van der Waals surface area (Å²) < 4.78 is 8.85. The summed E-state index contributed by atoms with van der Waals surface area (Å²) in [5, 5.41) is 4.75. The van der Waals surface area contributed by atoms with Crippen LogP contribution < -0.4 is 0 Å². The summed E-state index contributed by atoms with van der Waals surface area (Å²) >= 11 is 0. The third-order valence-electron chi connectivity index (χ3n) is 15.9. The summed E-state index contributed by atoms with van der Waals surface area (Å²) in [7, 11) is 0. The van der Waals surface area contributed by atoms with Gasteiger partial charge in [0.25, 0.3) is 0 Å². The van der Waals surface area contributed by atoms with E-state index in [4.69, 9.17) is 4.42 Å². The second-order valence-corrected chi connectivity index (χ2v) is 20.9. The molecule has 77 heavy (non-hydrogen) atoms. The fourth-order valence-corrected chi connectivity index (χ4v) is 11.6. The SMILES string of the molecule is CC(C)(c1cccc(-c2cccc(-c3cccc(-c4cccc(-c5cccc(-c6ccccc6)c5)c4)c3)c2)c1)c1ccc2oc3ccc(-c4ccc(-c5ccc6c(c5)c5ccccc5n6-c5ccccc5)cc4)cc3c2c1. The van der Waals surface area contributed by atoms with Crippen molar-refractivity contribution in [2.24, 2.45) is 0 Å². The van der Waals surface area contributed by atoms with Crippen LogP contribution in [0.25, 0.3) is 127 Å². The van der Waals surface area contributed by atoms with Crippen molar-refractivity contribution in [2.75, 3.05) is 0 Å². The van der Waals surface area contributed by atoms with E-state index >= 15 is 0 Å². The first-order valence-electron chi connectivity index (χ1n) is 26.6. The summed E-state index contributed by atoms with van der Waals surface area (Å²) in [6.07, 6.45) is 0. The highest BCUT2D eigenvalue weighted by Gasteiger charge is 2.25. The van der Waals surface area contributed by atoms with Gasteiger partial charge in [-0.1, -0.05) is 220 Å². The maximum atomic E-state index is 6.49. The highest BCUT2D eigenvalue weighted by atomic mass is 16.3. The molecule has 0 spiro atoms. The van der Waals surface area contributed by atoms with Crippen LogP contribution in [0.3, 0.4) is 0 Å². The van der Waals surface area contributed by atoms with Gasteiger partial charge in [0.15, 0.2) is 0 Å². The topological polar surface area (TPSA) is 18.1 Å². The Morgan fingerprint density at radius 3 is 1.18 bits per heavy atom. The van der Waals surface area contributed by atoms with Crippen molar-refractivity contribution >= 4 is 43.7 Å². The van der Waals surface area contributed by atoms with E-state index in [0.29, 0.717) is 0 Å². The number of furan rings is 1. The Morgan fingerprint density at radius 2 is 0.610 bits per heavy atom. The van der Waals surface area contributed by atoms with Gasteiger partial charge in [-0.25, -0.2) is 0 Å². The molecule has 2 aromatic heterocycles. The molecule has 0 amide bonds. The quantitative estimate of drug-likeness (QED) is 0.134. The monoisotopic (exact) mass is 983 g/mol. The lowest BCUT2D eigenvalue weighted by molar-refractivity contribution is 0.639. The van der Waals surface area contributed by atoms with Gasteiger partial charge in [-0.3, -0.25) is 0 Å². The van der Waals surface area contributed by atoms with Gasteiger partial charge in [0.1, 0.15) is 11.2 Å². The van der Waals surface area contributed by atoms with Gasteiger partial charge in [0, 0.05) is 32.6 Å². The minimum Gasteiger partial charge on any atom is -0.456 e. The summed E-state index contributed by atoms with van der Waals surface area (Å²) in [6, 6.07) is 104. The molecule has 14 rings (SSSR count). The molecule has 0 aliphatic heterocycles. The number of rotatable bonds is 10. The van der Waals surface area contributed by atoms with Gasteiger partial charge in [-0.05, 0) is 168 Å². The fraction of sp³-hybridized carbons (Fsp3) is 0.0400. The molecular weight excluding hydrogens is 931 g/mol. The van der Waals surface area contributed by atoms with Gasteiger partial charge in [0.2, 0.25) is 0 Å². The lowest BCUT2D eigenvalue weighted by Crippen LogP contribution is -2.18. The number of nitrogens with zero attached hydrogens (tertiary/aromatic N) is 1. The van der Waals surface area contributed by atoms with Crippen molar-refractivity contribution in [3.63, 3.8) is 0 Å². The molecule has 0 bridgehead atoms. The van der Waals surface area contributed by atoms with Gasteiger partial charge in [-0.15, -0.1) is 0 Å². The number of benzene rings is 12. The predicted octanol–water partition coefficient (Wildman–Crippen LogP) is 20.7. The minimum atomic E-state index is -0.288. The Hall–Kier alpha value is -9.76. The normalized spacial score (nSPS) is 11.8. The van der Waals surface area contributed by atoms with Crippen LogP contribution in [0.5, 0.6) is 0 Å². The van der Waals surface area contributed by atoms with Crippen LogP contribution in [0.2, 0.25) is 0 Å². The maximum absolute atomic E-state index is 6.49. The lowest BCUT2D eigenvalue weighted by atomic mass is 9.77. The molecule has 0 saturated heterocycles. The molecule has 364 valence electrons. The summed E-state index contributed by atoms with van der Waals surface area (Å²) in [6.45, 7) is 4.66. The first-order valence-corrected chi connectivity index (χ1v) is 26.6. The third kappa shape index (κ3) is 8.41. The van der Waals surface area contributed by atoms with Crippen molar-refractivity contribution in [2.45, 2.75) is 19.3 Å². The van der Waals surface area contributed by atoms with E-state index in [2.05, 4.69) is 304 Å². The number of para-hydroxylation sites is 2. The first kappa shape index (κ1) is 45.8. The van der Waals surface area contributed by atoms with E-state index in [9.17, 15) is 0 Å². The second-order valence-electron chi connectivity index (χ2n) is 20.9. The molecule has 0 fully saturated rings. The highest BCUT2D eigenvalue weighted by Crippen LogP contribution is 2.41. The van der Waals surface area contributed by atoms with E-state index < -0.39 is 0 Å². The Morgan fingerprint density at radius 1 is 0.247 bits per heavy atom. The van der Waals surface area contributed by atoms with Crippen LogP contribution in [0, 0.1) is 0 Å². The molecule has 0 aliphatic rings. The molecule has 0 N–H and O–H groups in total. The zero-order chi connectivity index (χ0) is 51.5. The lowest BCUT2D eigenvalue weighted by Gasteiger charge is -2.27. The Bertz CT molecular complexity index is 4520. The number of fused-ring (bicyclic) bond motifs is 6. The van der Waals surface area contributed by atoms with Crippen LogP contribution in [0.1, 0.15) is 25.0 Å². The average molecular weight is 984 g/mol. The average Bonchev–Trinajstić information content (AvgIpc) is 4.13. The zero-order valence-corrected chi connectivity index (χ0v) is 43.0. The van der Waals surface area contributed by atoms with Crippen LogP contribution in [0.15, 0.2) is 290 Å². The van der Waals surface area contributed by atoms with Crippen molar-refractivity contribution in [1.29, 1.82) is 0 Å². The molecule has 0 unspecified atom stereocenters. The van der Waals surface area contributed by atoms with Crippen LogP contribution >= 0.6 is 0 Å². The van der Waals surface area contributed by atoms with Crippen LogP contribution in [-0.2, 0) is 5.41 Å². The molecule has 12 aromatic carbocycles. The van der Waals surface area contributed by atoms with E-state index in [1.807, 2.05) is 0 Å². The van der Waals surface area contributed by atoms with Gasteiger partial charge < -0.3 is 8.98 Å². The standard InChI is InChI=1S/C75H53NO/c1-75(2,64-27-15-26-61(46-64)60-25-14-24-59(45-60)58-23-13-22-57(44-58)56-21-12-20-55(43-56)54-19-11-18-53(42-54)50-16-5-3-6-17-50)65-38-41-74-70(49-65)69-48-63(37-40-73(69)77-74)52-34-32-51(33-35-52)62-36-39-72-68(47-62)67-30-9-10-31-71(67)76(72)66-28-7-4-8-29-66/h3-49H,1-2H3.